The second-order valence-electron chi connectivity index (χ2n) is 6.02. The van der Waals surface area contributed by atoms with E-state index in [4.69, 9.17) is 4.42 Å². The SMILES string of the molecule is Cc1nc(-c2ccc(S(=O)(=O)NCC[C@H](O)c3cccn3C)cc2)co1. The summed E-state index contributed by atoms with van der Waals surface area (Å²) in [4.78, 5) is 4.37. The Kier molecular flexibility index (Phi) is 5.26. The van der Waals surface area contributed by atoms with Crippen LogP contribution in [0.1, 0.15) is 24.1 Å². The number of hydrogen-bond acceptors (Lipinski definition) is 5. The molecule has 26 heavy (non-hydrogen) atoms. The fraction of sp³-hybridized carbons (Fsp3) is 0.278. The molecule has 2 aromatic heterocycles. The van der Waals surface area contributed by atoms with E-state index in [1.807, 2.05) is 29.9 Å². The van der Waals surface area contributed by atoms with E-state index in [-0.39, 0.29) is 17.9 Å². The lowest BCUT2D eigenvalue weighted by Gasteiger charge is -2.13. The molecule has 0 aliphatic heterocycles. The normalized spacial score (nSPS) is 13.0. The minimum atomic E-state index is -3.64. The van der Waals surface area contributed by atoms with Crippen molar-refractivity contribution in [1.82, 2.24) is 14.3 Å². The van der Waals surface area contributed by atoms with Gasteiger partial charge in [0.05, 0.1) is 11.0 Å². The Bertz CT molecular complexity index is 974. The van der Waals surface area contributed by atoms with Crippen molar-refractivity contribution in [3.8, 4) is 11.3 Å². The molecule has 0 unspecified atom stereocenters. The van der Waals surface area contributed by atoms with Gasteiger partial charge in [0.25, 0.3) is 0 Å². The van der Waals surface area contributed by atoms with Crippen molar-refractivity contribution in [1.29, 1.82) is 0 Å². The summed E-state index contributed by atoms with van der Waals surface area (Å²) in [5.74, 6) is 0.551. The summed E-state index contributed by atoms with van der Waals surface area (Å²) in [7, 11) is -1.81. The first-order valence-corrected chi connectivity index (χ1v) is 9.66. The van der Waals surface area contributed by atoms with Crippen molar-refractivity contribution >= 4 is 10.0 Å². The Morgan fingerprint density at radius 3 is 2.58 bits per heavy atom. The molecule has 0 aliphatic carbocycles. The van der Waals surface area contributed by atoms with Crippen molar-refractivity contribution in [2.75, 3.05) is 6.54 Å². The lowest BCUT2D eigenvalue weighted by Crippen LogP contribution is -2.26. The summed E-state index contributed by atoms with van der Waals surface area (Å²) in [5.41, 5.74) is 2.18. The molecule has 3 rings (SSSR count). The Balaban J connectivity index is 1.62. The van der Waals surface area contributed by atoms with Gasteiger partial charge in [0, 0.05) is 38.0 Å². The predicted octanol–water partition coefficient (Wildman–Crippen LogP) is 2.39. The standard InChI is InChI=1S/C18H21N3O4S/c1-13-20-16(12-25-13)14-5-7-15(8-6-14)26(23,24)19-10-9-18(22)17-4-3-11-21(17)2/h3-8,11-12,18-19,22H,9-10H2,1-2H3/t18-/m0/s1. The predicted molar refractivity (Wildman–Crippen MR) is 96.9 cm³/mol. The van der Waals surface area contributed by atoms with Gasteiger partial charge in [0.15, 0.2) is 5.89 Å². The number of aromatic nitrogens is 2. The number of aliphatic hydroxyl groups is 1. The van der Waals surface area contributed by atoms with Crippen LogP contribution in [0.25, 0.3) is 11.3 Å². The molecular formula is C18H21N3O4S. The molecule has 0 bridgehead atoms. The molecule has 7 nitrogen and oxygen atoms in total. The molecule has 0 saturated heterocycles. The molecule has 2 heterocycles. The molecule has 8 heteroatoms. The van der Waals surface area contributed by atoms with Gasteiger partial charge in [-0.2, -0.15) is 0 Å². The Morgan fingerprint density at radius 1 is 1.27 bits per heavy atom. The molecule has 1 aromatic carbocycles. The number of hydrogen-bond donors (Lipinski definition) is 2. The zero-order chi connectivity index (χ0) is 18.7. The second-order valence-corrected chi connectivity index (χ2v) is 7.79. The fourth-order valence-corrected chi connectivity index (χ4v) is 3.73. The van der Waals surface area contributed by atoms with E-state index in [2.05, 4.69) is 9.71 Å². The maximum absolute atomic E-state index is 12.4. The molecule has 2 N–H and O–H groups in total. The van der Waals surface area contributed by atoms with Gasteiger partial charge in [0.2, 0.25) is 10.0 Å². The average Bonchev–Trinajstić information content (AvgIpc) is 3.23. The summed E-state index contributed by atoms with van der Waals surface area (Å²) in [5, 5.41) is 10.2. The number of aliphatic hydroxyl groups excluding tert-OH is 1. The third kappa shape index (κ3) is 4.04. The maximum atomic E-state index is 12.4. The molecule has 1 atom stereocenters. The summed E-state index contributed by atoms with van der Waals surface area (Å²) in [6, 6.07) is 10.1. The van der Waals surface area contributed by atoms with Gasteiger partial charge in [-0.3, -0.25) is 0 Å². The zero-order valence-electron chi connectivity index (χ0n) is 14.6. The second kappa shape index (κ2) is 7.45. The lowest BCUT2D eigenvalue weighted by molar-refractivity contribution is 0.161. The van der Waals surface area contributed by atoms with E-state index in [0.29, 0.717) is 11.6 Å². The first-order chi connectivity index (χ1) is 12.4. The van der Waals surface area contributed by atoms with Crippen LogP contribution < -0.4 is 4.72 Å². The van der Waals surface area contributed by atoms with Crippen molar-refractivity contribution in [2.24, 2.45) is 7.05 Å². The molecule has 0 saturated carbocycles. The third-order valence-corrected chi connectivity index (χ3v) is 5.59. The van der Waals surface area contributed by atoms with Crippen LogP contribution >= 0.6 is 0 Å². The van der Waals surface area contributed by atoms with E-state index in [9.17, 15) is 13.5 Å². The van der Waals surface area contributed by atoms with E-state index in [0.717, 1.165) is 11.3 Å². The average molecular weight is 375 g/mol. The van der Waals surface area contributed by atoms with Gasteiger partial charge >= 0.3 is 0 Å². The fourth-order valence-electron chi connectivity index (χ4n) is 2.68. The number of nitrogens with one attached hydrogen (secondary N) is 1. The molecule has 0 aliphatic rings. The highest BCUT2D eigenvalue weighted by molar-refractivity contribution is 7.89. The van der Waals surface area contributed by atoms with Crippen molar-refractivity contribution < 1.29 is 17.9 Å². The number of oxazole rings is 1. The molecule has 0 radical (unpaired) electrons. The first-order valence-electron chi connectivity index (χ1n) is 8.18. The van der Waals surface area contributed by atoms with Crippen molar-refractivity contribution in [3.63, 3.8) is 0 Å². The quantitative estimate of drug-likeness (QED) is 0.661. The van der Waals surface area contributed by atoms with Gasteiger partial charge in [-0.25, -0.2) is 18.1 Å². The van der Waals surface area contributed by atoms with E-state index in [1.165, 1.54) is 18.4 Å². The summed E-state index contributed by atoms with van der Waals surface area (Å²) in [6.45, 7) is 1.88. The number of sulfonamides is 1. The van der Waals surface area contributed by atoms with Crippen LogP contribution in [0.2, 0.25) is 0 Å². The third-order valence-electron chi connectivity index (χ3n) is 4.11. The molecule has 3 aromatic rings. The largest absolute Gasteiger partial charge is 0.449 e. The highest BCUT2D eigenvalue weighted by Gasteiger charge is 2.16. The highest BCUT2D eigenvalue weighted by Crippen LogP contribution is 2.21. The van der Waals surface area contributed by atoms with Gasteiger partial charge in [0.1, 0.15) is 12.0 Å². The minimum Gasteiger partial charge on any atom is -0.449 e. The van der Waals surface area contributed by atoms with Crippen LogP contribution in [-0.4, -0.2) is 29.6 Å². The van der Waals surface area contributed by atoms with Crippen LogP contribution in [0, 0.1) is 6.92 Å². The topological polar surface area (TPSA) is 97.4 Å². The molecule has 0 spiro atoms. The molecule has 0 amide bonds. The minimum absolute atomic E-state index is 0.138. The number of nitrogens with zero attached hydrogens (tertiary/aromatic N) is 2. The monoisotopic (exact) mass is 375 g/mol. The Labute approximate surface area is 152 Å². The highest BCUT2D eigenvalue weighted by atomic mass is 32.2. The Morgan fingerprint density at radius 2 is 2.00 bits per heavy atom. The van der Waals surface area contributed by atoms with Crippen LogP contribution in [0.15, 0.2) is 58.2 Å². The number of benzene rings is 1. The van der Waals surface area contributed by atoms with Gasteiger partial charge in [-0.1, -0.05) is 12.1 Å². The van der Waals surface area contributed by atoms with E-state index >= 15 is 0 Å². The van der Waals surface area contributed by atoms with Gasteiger partial charge in [-0.15, -0.1) is 0 Å². The van der Waals surface area contributed by atoms with Crippen LogP contribution in [0.4, 0.5) is 0 Å². The van der Waals surface area contributed by atoms with E-state index in [1.54, 1.807) is 19.1 Å². The number of aryl methyl sites for hydroxylation is 2. The van der Waals surface area contributed by atoms with E-state index < -0.39 is 16.1 Å². The van der Waals surface area contributed by atoms with Gasteiger partial charge in [-0.05, 0) is 30.7 Å². The first kappa shape index (κ1) is 18.4. The maximum Gasteiger partial charge on any atom is 0.240 e. The molecule has 0 fully saturated rings. The lowest BCUT2D eigenvalue weighted by atomic mass is 10.2. The Hall–Kier alpha value is -2.42. The van der Waals surface area contributed by atoms with Crippen LogP contribution in [-0.2, 0) is 17.1 Å². The summed E-state index contributed by atoms with van der Waals surface area (Å²) >= 11 is 0. The van der Waals surface area contributed by atoms with Crippen molar-refractivity contribution in [2.45, 2.75) is 24.3 Å². The smallest absolute Gasteiger partial charge is 0.240 e. The number of rotatable bonds is 7. The summed E-state index contributed by atoms with van der Waals surface area (Å²) in [6.07, 6.45) is 2.92. The van der Waals surface area contributed by atoms with Crippen LogP contribution in [0.3, 0.4) is 0 Å². The molecular weight excluding hydrogens is 354 g/mol. The van der Waals surface area contributed by atoms with Crippen molar-refractivity contribution in [3.05, 3.63) is 60.4 Å². The zero-order valence-corrected chi connectivity index (χ0v) is 15.4. The van der Waals surface area contributed by atoms with Gasteiger partial charge < -0.3 is 14.1 Å². The molecule has 138 valence electrons. The summed E-state index contributed by atoms with van der Waals surface area (Å²) < 4.78 is 34.3. The van der Waals surface area contributed by atoms with Crippen LogP contribution in [0.5, 0.6) is 0 Å².